The van der Waals surface area contributed by atoms with Gasteiger partial charge >= 0.3 is 0 Å². The summed E-state index contributed by atoms with van der Waals surface area (Å²) in [6.45, 7) is 2.40. The van der Waals surface area contributed by atoms with Crippen LogP contribution in [0, 0.1) is 0 Å². The fraction of sp³-hybridized carbons (Fsp3) is 0.353. The molecule has 0 radical (unpaired) electrons. The molecule has 2 aromatic heterocycles. The largest absolute Gasteiger partial charge is 0.356 e. The third-order valence-electron chi connectivity index (χ3n) is 4.03. The van der Waals surface area contributed by atoms with Gasteiger partial charge in [-0.1, -0.05) is 6.07 Å². The van der Waals surface area contributed by atoms with Crippen LogP contribution in [0.15, 0.2) is 42.9 Å². The Bertz CT molecular complexity index is 696. The fourth-order valence-electron chi connectivity index (χ4n) is 2.79. The SMILES string of the molecule is Cn1ccc(C(=O)N2CCCN(C(=O)c3ccccn3)CC2)c1. The van der Waals surface area contributed by atoms with Crippen molar-refractivity contribution in [3.05, 3.63) is 54.1 Å². The topological polar surface area (TPSA) is 58.4 Å². The number of nitrogens with zero attached hydrogens (tertiary/aromatic N) is 4. The van der Waals surface area contributed by atoms with Crippen LogP contribution in [0.3, 0.4) is 0 Å². The highest BCUT2D eigenvalue weighted by molar-refractivity contribution is 5.94. The lowest BCUT2D eigenvalue weighted by Crippen LogP contribution is -2.37. The maximum absolute atomic E-state index is 12.5. The molecule has 0 N–H and O–H groups in total. The summed E-state index contributed by atoms with van der Waals surface area (Å²) in [5, 5.41) is 0. The van der Waals surface area contributed by atoms with Crippen LogP contribution in [0.2, 0.25) is 0 Å². The molecule has 2 aromatic rings. The van der Waals surface area contributed by atoms with Gasteiger partial charge in [-0.2, -0.15) is 0 Å². The van der Waals surface area contributed by atoms with Gasteiger partial charge in [-0.3, -0.25) is 14.6 Å². The molecule has 0 unspecified atom stereocenters. The van der Waals surface area contributed by atoms with Crippen molar-refractivity contribution in [1.82, 2.24) is 19.4 Å². The van der Waals surface area contributed by atoms with Crippen molar-refractivity contribution in [3.8, 4) is 0 Å². The quantitative estimate of drug-likeness (QED) is 0.842. The van der Waals surface area contributed by atoms with Crippen molar-refractivity contribution in [3.63, 3.8) is 0 Å². The first-order chi connectivity index (χ1) is 11.1. The summed E-state index contributed by atoms with van der Waals surface area (Å²) in [5.41, 5.74) is 1.15. The van der Waals surface area contributed by atoms with Crippen LogP contribution < -0.4 is 0 Å². The summed E-state index contributed by atoms with van der Waals surface area (Å²) in [6, 6.07) is 7.15. The average molecular weight is 312 g/mol. The molecule has 0 bridgehead atoms. The lowest BCUT2D eigenvalue weighted by atomic mass is 10.3. The van der Waals surface area contributed by atoms with Gasteiger partial charge in [0, 0.05) is 51.8 Å². The van der Waals surface area contributed by atoms with Crippen LogP contribution in [0.25, 0.3) is 0 Å². The second-order valence-corrected chi connectivity index (χ2v) is 5.72. The third-order valence-corrected chi connectivity index (χ3v) is 4.03. The zero-order valence-electron chi connectivity index (χ0n) is 13.2. The first-order valence-corrected chi connectivity index (χ1v) is 7.77. The van der Waals surface area contributed by atoms with Gasteiger partial charge in [0.1, 0.15) is 5.69 Å². The first kappa shape index (κ1) is 15.3. The summed E-state index contributed by atoms with van der Waals surface area (Å²) < 4.78 is 1.86. The van der Waals surface area contributed by atoms with E-state index < -0.39 is 0 Å². The van der Waals surface area contributed by atoms with Crippen molar-refractivity contribution >= 4 is 11.8 Å². The Morgan fingerprint density at radius 2 is 1.74 bits per heavy atom. The van der Waals surface area contributed by atoms with Crippen LogP contribution in [0.4, 0.5) is 0 Å². The third kappa shape index (κ3) is 3.41. The predicted octanol–water partition coefficient (Wildman–Crippen LogP) is 1.41. The zero-order valence-corrected chi connectivity index (χ0v) is 13.2. The van der Waals surface area contributed by atoms with Gasteiger partial charge in [0.2, 0.25) is 0 Å². The fourth-order valence-corrected chi connectivity index (χ4v) is 2.79. The van der Waals surface area contributed by atoms with E-state index in [0.717, 1.165) is 6.42 Å². The van der Waals surface area contributed by atoms with Crippen molar-refractivity contribution in [1.29, 1.82) is 0 Å². The standard InChI is InChI=1S/C17H20N4O2/c1-19-10-6-14(13-19)16(22)20-8-4-9-21(12-11-20)17(23)15-5-2-3-7-18-15/h2-3,5-7,10,13H,4,8-9,11-12H2,1H3. The maximum Gasteiger partial charge on any atom is 0.272 e. The molecule has 3 rings (SSSR count). The molecule has 120 valence electrons. The first-order valence-electron chi connectivity index (χ1n) is 7.77. The normalized spacial score (nSPS) is 15.3. The van der Waals surface area contributed by atoms with E-state index in [2.05, 4.69) is 4.98 Å². The van der Waals surface area contributed by atoms with Gasteiger partial charge in [-0.25, -0.2) is 0 Å². The summed E-state index contributed by atoms with van der Waals surface area (Å²) in [5.74, 6) is -0.0441. The molecule has 1 aliphatic rings. The Balaban J connectivity index is 1.65. The number of amides is 2. The van der Waals surface area contributed by atoms with E-state index in [4.69, 9.17) is 0 Å². The number of hydrogen-bond donors (Lipinski definition) is 0. The minimum Gasteiger partial charge on any atom is -0.356 e. The van der Waals surface area contributed by atoms with Gasteiger partial charge in [0.25, 0.3) is 11.8 Å². The Morgan fingerprint density at radius 1 is 1.00 bits per heavy atom. The number of aromatic nitrogens is 2. The van der Waals surface area contributed by atoms with Crippen LogP contribution in [0.1, 0.15) is 27.3 Å². The van der Waals surface area contributed by atoms with Gasteiger partial charge in [-0.05, 0) is 24.6 Å². The van der Waals surface area contributed by atoms with Crippen LogP contribution in [-0.4, -0.2) is 57.3 Å². The van der Waals surface area contributed by atoms with E-state index in [1.807, 2.05) is 41.0 Å². The molecular weight excluding hydrogens is 292 g/mol. The van der Waals surface area contributed by atoms with Crippen molar-refractivity contribution in [2.24, 2.45) is 7.05 Å². The zero-order chi connectivity index (χ0) is 16.2. The van der Waals surface area contributed by atoms with Crippen molar-refractivity contribution in [2.75, 3.05) is 26.2 Å². The average Bonchev–Trinajstić information content (AvgIpc) is 2.87. The van der Waals surface area contributed by atoms with Gasteiger partial charge in [0.15, 0.2) is 0 Å². The lowest BCUT2D eigenvalue weighted by Gasteiger charge is -2.21. The van der Waals surface area contributed by atoms with Crippen molar-refractivity contribution in [2.45, 2.75) is 6.42 Å². The summed E-state index contributed by atoms with van der Waals surface area (Å²) in [7, 11) is 1.90. The Hall–Kier alpha value is -2.63. The molecule has 1 saturated heterocycles. The van der Waals surface area contributed by atoms with Crippen LogP contribution in [0.5, 0.6) is 0 Å². The second-order valence-electron chi connectivity index (χ2n) is 5.72. The number of carbonyl (C=O) groups is 2. The van der Waals surface area contributed by atoms with Gasteiger partial charge in [-0.15, -0.1) is 0 Å². The monoisotopic (exact) mass is 312 g/mol. The van der Waals surface area contributed by atoms with Crippen LogP contribution in [-0.2, 0) is 7.05 Å². The molecule has 1 aliphatic heterocycles. The predicted molar refractivity (Wildman–Crippen MR) is 86.1 cm³/mol. The second kappa shape index (κ2) is 6.64. The number of hydrogen-bond acceptors (Lipinski definition) is 3. The summed E-state index contributed by atoms with van der Waals surface area (Å²) in [4.78, 5) is 32.7. The van der Waals surface area contributed by atoms with Crippen molar-refractivity contribution < 1.29 is 9.59 Å². The Morgan fingerprint density at radius 3 is 2.35 bits per heavy atom. The minimum atomic E-state index is -0.0698. The molecule has 0 saturated carbocycles. The highest BCUT2D eigenvalue weighted by Gasteiger charge is 2.24. The lowest BCUT2D eigenvalue weighted by molar-refractivity contribution is 0.0715. The van der Waals surface area contributed by atoms with Gasteiger partial charge < -0.3 is 14.4 Å². The van der Waals surface area contributed by atoms with E-state index in [-0.39, 0.29) is 11.8 Å². The molecule has 6 nitrogen and oxygen atoms in total. The Labute approximate surface area is 135 Å². The highest BCUT2D eigenvalue weighted by Crippen LogP contribution is 2.11. The van der Waals surface area contributed by atoms with E-state index in [1.54, 1.807) is 23.2 Å². The molecule has 0 atom stereocenters. The smallest absolute Gasteiger partial charge is 0.272 e. The molecule has 0 aliphatic carbocycles. The van der Waals surface area contributed by atoms with E-state index in [1.165, 1.54) is 0 Å². The summed E-state index contributed by atoms with van der Waals surface area (Å²) >= 11 is 0. The van der Waals surface area contributed by atoms with Gasteiger partial charge in [0.05, 0.1) is 5.56 Å². The molecule has 1 fully saturated rings. The maximum atomic E-state index is 12.5. The number of carbonyl (C=O) groups excluding carboxylic acids is 2. The highest BCUT2D eigenvalue weighted by atomic mass is 16.2. The molecule has 0 aromatic carbocycles. The number of pyridine rings is 1. The van der Waals surface area contributed by atoms with E-state index >= 15 is 0 Å². The minimum absolute atomic E-state index is 0.0257. The van der Waals surface area contributed by atoms with Crippen LogP contribution >= 0.6 is 0 Å². The number of rotatable bonds is 2. The molecule has 2 amide bonds. The molecular formula is C17H20N4O2. The molecule has 0 spiro atoms. The Kier molecular flexibility index (Phi) is 4.41. The number of aryl methyl sites for hydroxylation is 1. The molecule has 6 heteroatoms. The van der Waals surface area contributed by atoms with E-state index in [0.29, 0.717) is 37.4 Å². The van der Waals surface area contributed by atoms with E-state index in [9.17, 15) is 9.59 Å². The molecule has 23 heavy (non-hydrogen) atoms. The summed E-state index contributed by atoms with van der Waals surface area (Å²) in [6.07, 6.45) is 6.08. The molecule has 3 heterocycles.